The number of carbonyl (C=O) groups excluding carboxylic acids is 2. The number of nitrogens with one attached hydrogen (secondary N) is 1. The van der Waals surface area contributed by atoms with Crippen LogP contribution in [0.25, 0.3) is 0 Å². The Balaban J connectivity index is 3.26. The summed E-state index contributed by atoms with van der Waals surface area (Å²) in [5, 5.41) is 12.2. The van der Waals surface area contributed by atoms with Crippen LogP contribution in [0.2, 0.25) is 0 Å². The Hall–Kier alpha value is -2.04. The quantitative estimate of drug-likeness (QED) is 0.620. The molecule has 0 saturated carbocycles. The Kier molecular flexibility index (Phi) is 4.09. The Morgan fingerprint density at radius 1 is 1.41 bits per heavy atom. The molecule has 92 valence electrons. The highest BCUT2D eigenvalue weighted by Crippen LogP contribution is 2.32. The number of anilines is 1. The Morgan fingerprint density at radius 3 is 2.53 bits per heavy atom. The normalized spacial score (nSPS) is 9.82. The van der Waals surface area contributed by atoms with Crippen molar-refractivity contribution in [3.05, 3.63) is 17.7 Å². The zero-order valence-corrected chi connectivity index (χ0v) is 10.0. The number of methoxy groups -OCH3 is 1. The summed E-state index contributed by atoms with van der Waals surface area (Å²) in [5.74, 6) is -0.311. The van der Waals surface area contributed by atoms with E-state index in [4.69, 9.17) is 4.74 Å². The van der Waals surface area contributed by atoms with Crippen molar-refractivity contribution in [1.82, 2.24) is 0 Å². The lowest BCUT2D eigenvalue weighted by Crippen LogP contribution is -2.08. The van der Waals surface area contributed by atoms with Crippen molar-refractivity contribution in [2.45, 2.75) is 20.3 Å². The van der Waals surface area contributed by atoms with Crippen molar-refractivity contribution >= 4 is 17.4 Å². The molecule has 0 aliphatic carbocycles. The van der Waals surface area contributed by atoms with Crippen molar-refractivity contribution in [3.8, 4) is 11.5 Å². The first kappa shape index (κ1) is 13.0. The van der Waals surface area contributed by atoms with Gasteiger partial charge in [0.1, 0.15) is 11.5 Å². The van der Waals surface area contributed by atoms with E-state index >= 15 is 0 Å². The fourth-order valence-corrected chi connectivity index (χ4v) is 1.44. The smallest absolute Gasteiger partial charge is 0.221 e. The molecule has 0 aliphatic rings. The molecule has 0 atom stereocenters. The van der Waals surface area contributed by atoms with Gasteiger partial charge in [-0.25, -0.2) is 0 Å². The number of amides is 1. The van der Waals surface area contributed by atoms with Gasteiger partial charge >= 0.3 is 0 Å². The van der Waals surface area contributed by atoms with Gasteiger partial charge in [-0.15, -0.1) is 0 Å². The number of Topliss-reactive ketones (excluding diaryl/α,β-unsaturated/α-hetero) is 1. The molecule has 5 nitrogen and oxygen atoms in total. The lowest BCUT2D eigenvalue weighted by atomic mass is 10.1. The Labute approximate surface area is 99.4 Å². The zero-order valence-electron chi connectivity index (χ0n) is 10.0. The summed E-state index contributed by atoms with van der Waals surface area (Å²) in [4.78, 5) is 22.6. The molecule has 0 aliphatic heterocycles. The largest absolute Gasteiger partial charge is 0.507 e. The van der Waals surface area contributed by atoms with Gasteiger partial charge in [-0.3, -0.25) is 9.59 Å². The van der Waals surface area contributed by atoms with Gasteiger partial charge in [0.15, 0.2) is 5.78 Å². The zero-order chi connectivity index (χ0) is 13.0. The SMILES string of the molecule is CCC(=O)c1cc(NC(C)=O)c(OC)cc1O. The molecule has 1 aromatic carbocycles. The van der Waals surface area contributed by atoms with Crippen LogP contribution < -0.4 is 10.1 Å². The van der Waals surface area contributed by atoms with Crippen molar-refractivity contribution < 1.29 is 19.4 Å². The van der Waals surface area contributed by atoms with Crippen LogP contribution in [-0.2, 0) is 4.79 Å². The fourth-order valence-electron chi connectivity index (χ4n) is 1.44. The highest BCUT2D eigenvalue weighted by molar-refractivity contribution is 6.01. The summed E-state index contributed by atoms with van der Waals surface area (Å²) in [7, 11) is 1.42. The number of phenols is 1. The maximum Gasteiger partial charge on any atom is 0.221 e. The van der Waals surface area contributed by atoms with Crippen LogP contribution >= 0.6 is 0 Å². The van der Waals surface area contributed by atoms with E-state index in [-0.39, 0.29) is 29.4 Å². The number of ketones is 1. The molecule has 0 radical (unpaired) electrons. The number of phenolic OH excluding ortho intramolecular Hbond substituents is 1. The standard InChI is InChI=1S/C12H15NO4/c1-4-10(15)8-5-9(13-7(2)14)12(17-3)6-11(8)16/h5-6,16H,4H2,1-3H3,(H,13,14). The average molecular weight is 237 g/mol. The molecular formula is C12H15NO4. The van der Waals surface area contributed by atoms with Crippen LogP contribution in [0, 0.1) is 0 Å². The number of aromatic hydroxyl groups is 1. The van der Waals surface area contributed by atoms with Crippen molar-refractivity contribution in [2.24, 2.45) is 0 Å². The maximum absolute atomic E-state index is 11.6. The van der Waals surface area contributed by atoms with Gasteiger partial charge in [0.2, 0.25) is 5.91 Å². The molecule has 0 unspecified atom stereocenters. The summed E-state index contributed by atoms with van der Waals surface area (Å²) < 4.78 is 5.01. The summed E-state index contributed by atoms with van der Waals surface area (Å²) in [6, 6.07) is 2.73. The Morgan fingerprint density at radius 2 is 2.06 bits per heavy atom. The van der Waals surface area contributed by atoms with E-state index in [1.165, 1.54) is 26.2 Å². The number of hydrogen-bond acceptors (Lipinski definition) is 4. The predicted octanol–water partition coefficient (Wildman–Crippen LogP) is 1.95. The molecule has 1 aromatic rings. The first-order valence-corrected chi connectivity index (χ1v) is 5.21. The second-order valence-electron chi connectivity index (χ2n) is 3.53. The number of benzene rings is 1. The van der Waals surface area contributed by atoms with Crippen molar-refractivity contribution in [1.29, 1.82) is 0 Å². The molecule has 5 heteroatoms. The molecular weight excluding hydrogens is 222 g/mol. The minimum absolute atomic E-state index is 0.150. The van der Waals surface area contributed by atoms with Crippen LogP contribution in [0.1, 0.15) is 30.6 Å². The second-order valence-corrected chi connectivity index (χ2v) is 3.53. The maximum atomic E-state index is 11.6. The van der Waals surface area contributed by atoms with Crippen LogP contribution in [0.5, 0.6) is 11.5 Å². The van der Waals surface area contributed by atoms with Gasteiger partial charge in [-0.05, 0) is 6.07 Å². The lowest BCUT2D eigenvalue weighted by molar-refractivity contribution is -0.114. The van der Waals surface area contributed by atoms with E-state index in [1.54, 1.807) is 6.92 Å². The molecule has 2 N–H and O–H groups in total. The molecule has 0 spiro atoms. The van der Waals surface area contributed by atoms with E-state index in [0.717, 1.165) is 0 Å². The third kappa shape index (κ3) is 2.96. The molecule has 0 heterocycles. The Bertz CT molecular complexity index is 454. The summed E-state index contributed by atoms with van der Waals surface area (Å²) in [6.45, 7) is 3.05. The van der Waals surface area contributed by atoms with Crippen molar-refractivity contribution in [2.75, 3.05) is 12.4 Å². The van der Waals surface area contributed by atoms with E-state index in [2.05, 4.69) is 5.32 Å². The van der Waals surface area contributed by atoms with Gasteiger partial charge in [-0.1, -0.05) is 6.92 Å². The second kappa shape index (κ2) is 5.34. The first-order valence-electron chi connectivity index (χ1n) is 5.21. The summed E-state index contributed by atoms with van der Waals surface area (Å²) >= 11 is 0. The third-order valence-corrected chi connectivity index (χ3v) is 2.25. The third-order valence-electron chi connectivity index (χ3n) is 2.25. The fraction of sp³-hybridized carbons (Fsp3) is 0.333. The molecule has 1 rings (SSSR count). The average Bonchev–Trinajstić information content (AvgIpc) is 2.29. The molecule has 0 saturated heterocycles. The lowest BCUT2D eigenvalue weighted by Gasteiger charge is -2.12. The number of ether oxygens (including phenoxy) is 1. The van der Waals surface area contributed by atoms with E-state index in [1.807, 2.05) is 0 Å². The van der Waals surface area contributed by atoms with E-state index in [9.17, 15) is 14.7 Å². The highest BCUT2D eigenvalue weighted by atomic mass is 16.5. The van der Waals surface area contributed by atoms with Gasteiger partial charge in [0.05, 0.1) is 18.4 Å². The van der Waals surface area contributed by atoms with Crippen LogP contribution in [0.15, 0.2) is 12.1 Å². The monoisotopic (exact) mass is 237 g/mol. The molecule has 0 aromatic heterocycles. The van der Waals surface area contributed by atoms with Gasteiger partial charge in [0.25, 0.3) is 0 Å². The first-order chi connectivity index (χ1) is 7.99. The summed E-state index contributed by atoms with van der Waals surface area (Å²) in [6.07, 6.45) is 0.277. The number of rotatable bonds is 4. The van der Waals surface area contributed by atoms with Gasteiger partial charge in [0, 0.05) is 19.4 Å². The van der Waals surface area contributed by atoms with E-state index < -0.39 is 0 Å². The molecule has 1 amide bonds. The predicted molar refractivity (Wildman–Crippen MR) is 63.6 cm³/mol. The molecule has 17 heavy (non-hydrogen) atoms. The van der Waals surface area contributed by atoms with Crippen LogP contribution in [0.3, 0.4) is 0 Å². The minimum Gasteiger partial charge on any atom is -0.507 e. The van der Waals surface area contributed by atoms with Crippen molar-refractivity contribution in [3.63, 3.8) is 0 Å². The summed E-state index contributed by atoms with van der Waals surface area (Å²) in [5.41, 5.74) is 0.548. The number of hydrogen-bond donors (Lipinski definition) is 2. The van der Waals surface area contributed by atoms with Crippen LogP contribution in [0.4, 0.5) is 5.69 Å². The minimum atomic E-state index is -0.274. The highest BCUT2D eigenvalue weighted by Gasteiger charge is 2.15. The van der Waals surface area contributed by atoms with Gasteiger partial charge in [-0.2, -0.15) is 0 Å². The topological polar surface area (TPSA) is 75.6 Å². The number of carbonyl (C=O) groups is 2. The van der Waals surface area contributed by atoms with Gasteiger partial charge < -0.3 is 15.2 Å². The van der Waals surface area contributed by atoms with Crippen LogP contribution in [-0.4, -0.2) is 23.9 Å². The molecule has 0 fully saturated rings. The van der Waals surface area contributed by atoms with E-state index in [0.29, 0.717) is 11.4 Å². The molecule has 0 bridgehead atoms.